The van der Waals surface area contributed by atoms with Gasteiger partial charge in [0, 0.05) is 115 Å². The molecule has 6 aromatic heterocycles. The summed E-state index contributed by atoms with van der Waals surface area (Å²) in [6.07, 6.45) is 0. The van der Waals surface area contributed by atoms with Crippen LogP contribution in [0.1, 0.15) is 0 Å². The summed E-state index contributed by atoms with van der Waals surface area (Å²) in [6.45, 7) is -0.572. The predicted molar refractivity (Wildman–Crippen MR) is 387 cm³/mol. The molecule has 0 atom stereocenters. The van der Waals surface area contributed by atoms with Crippen molar-refractivity contribution < 1.29 is 14.2 Å². The highest BCUT2D eigenvalue weighted by atomic mass is 16.5. The standard InChI is InChI=1S/C81H45B3N6O3/c1-85-59-38-58-48(82-46-26-10-18-34-61(46)91-79-67-43-23-7-15-31-55(43)89-54-30-14-6-22-42(54)66(74(67)89)78(71(79)82)86(58)2)36-49(59)84-50-37-51-63(39-60(50)87(3)77-65-41-21-5-13-29-53(41)88-52-28-12-4-20-40(52)64(73(65)88)76(85)70(77)84)93-81-69-45-25-9-17-33-57(45)90-56-32-16-8-24-44(56)68(75(69)90)80-72(81)83(51)47-27-11-19-35-62(47)92-80/h4-39H,1-3H3. The van der Waals surface area contributed by atoms with Gasteiger partial charge in [-0.05, 0) is 98.3 Å². The van der Waals surface area contributed by atoms with Gasteiger partial charge in [-0.15, -0.1) is 0 Å². The first-order valence-corrected chi connectivity index (χ1v) is 32.4. The minimum absolute atomic E-state index is 0.149. The molecule has 9 nitrogen and oxygen atoms in total. The largest absolute Gasteiger partial charge is 0.458 e. The molecule has 0 fully saturated rings. The lowest BCUT2D eigenvalue weighted by Crippen LogP contribution is -2.66. The lowest BCUT2D eigenvalue weighted by molar-refractivity contribution is 0.472. The Morgan fingerprint density at radius 1 is 0.258 bits per heavy atom. The van der Waals surface area contributed by atoms with Crippen molar-refractivity contribution in [2.45, 2.75) is 0 Å². The second-order valence-electron chi connectivity index (χ2n) is 27.0. The number of rotatable bonds is 0. The summed E-state index contributed by atoms with van der Waals surface area (Å²) in [5.74, 6) is 5.35. The summed E-state index contributed by atoms with van der Waals surface area (Å²) in [7, 11) is 6.97. The van der Waals surface area contributed by atoms with Crippen LogP contribution >= 0.6 is 0 Å². The molecule has 25 rings (SSSR count). The molecular weight excluding hydrogens is 1140 g/mol. The molecule has 426 valence electrons. The molecule has 0 aliphatic carbocycles. The molecule has 13 aromatic carbocycles. The van der Waals surface area contributed by atoms with Gasteiger partial charge in [0.05, 0.1) is 65.8 Å². The van der Waals surface area contributed by atoms with Crippen LogP contribution in [0.5, 0.6) is 34.5 Å². The molecule has 19 aromatic rings. The zero-order valence-electron chi connectivity index (χ0n) is 50.4. The van der Waals surface area contributed by atoms with Crippen LogP contribution in [0.25, 0.3) is 114 Å². The Hall–Kier alpha value is -11.7. The molecule has 0 radical (unpaired) electrons. The van der Waals surface area contributed by atoms with Crippen LogP contribution in [-0.2, 0) is 0 Å². The van der Waals surface area contributed by atoms with Crippen molar-refractivity contribution in [3.8, 4) is 34.5 Å². The van der Waals surface area contributed by atoms with Crippen LogP contribution in [-0.4, -0.2) is 54.5 Å². The number of fused-ring (bicyclic) bond motifs is 36. The Labute approximate surface area is 530 Å². The Bertz CT molecular complexity index is 6840. The number of anilines is 6. The first-order chi connectivity index (χ1) is 46.0. The summed E-state index contributed by atoms with van der Waals surface area (Å²) < 4.78 is 30.2. The van der Waals surface area contributed by atoms with Crippen LogP contribution in [0.2, 0.25) is 0 Å². The summed E-state index contributed by atoms with van der Waals surface area (Å²) in [6, 6.07) is 81.6. The first kappa shape index (κ1) is 47.2. The summed E-state index contributed by atoms with van der Waals surface area (Å²) in [5.41, 5.74) is 28.8. The van der Waals surface area contributed by atoms with Crippen molar-refractivity contribution in [1.82, 2.24) is 13.2 Å². The zero-order valence-corrected chi connectivity index (χ0v) is 50.4. The van der Waals surface area contributed by atoms with E-state index in [0.29, 0.717) is 0 Å². The maximum Gasteiger partial charge on any atom is 0.260 e. The Balaban J connectivity index is 0.823. The molecule has 12 heterocycles. The highest BCUT2D eigenvalue weighted by Crippen LogP contribution is 2.56. The monoisotopic (exact) mass is 1180 g/mol. The number of hydrogen-bond acceptors (Lipinski definition) is 6. The summed E-state index contributed by atoms with van der Waals surface area (Å²) in [5, 5.41) is 14.5. The van der Waals surface area contributed by atoms with E-state index >= 15 is 0 Å². The average molecular weight is 1180 g/mol. The lowest BCUT2D eigenvalue weighted by atomic mass is 9.29. The van der Waals surface area contributed by atoms with E-state index in [1.165, 1.54) is 148 Å². The molecule has 0 bridgehead atoms. The van der Waals surface area contributed by atoms with Gasteiger partial charge in [-0.1, -0.05) is 158 Å². The zero-order chi connectivity index (χ0) is 60.0. The molecule has 0 unspecified atom stereocenters. The van der Waals surface area contributed by atoms with E-state index < -0.39 is 0 Å². The van der Waals surface area contributed by atoms with Gasteiger partial charge in [0.15, 0.2) is 0 Å². The highest BCUT2D eigenvalue weighted by molar-refractivity contribution is 7.04. The minimum Gasteiger partial charge on any atom is -0.458 e. The van der Waals surface area contributed by atoms with Crippen LogP contribution in [0.4, 0.5) is 34.1 Å². The van der Waals surface area contributed by atoms with Gasteiger partial charge >= 0.3 is 0 Å². The molecule has 6 aliphatic heterocycles. The number of benzene rings is 13. The van der Waals surface area contributed by atoms with E-state index in [2.05, 4.69) is 267 Å². The van der Waals surface area contributed by atoms with Gasteiger partial charge in [-0.3, -0.25) is 0 Å². The number of para-hydroxylation sites is 8. The van der Waals surface area contributed by atoms with E-state index in [4.69, 9.17) is 14.2 Å². The summed E-state index contributed by atoms with van der Waals surface area (Å²) >= 11 is 0. The van der Waals surface area contributed by atoms with Crippen molar-refractivity contribution in [1.29, 1.82) is 0 Å². The number of nitrogens with zero attached hydrogens (tertiary/aromatic N) is 6. The van der Waals surface area contributed by atoms with Crippen molar-refractivity contribution in [3.05, 3.63) is 218 Å². The Morgan fingerprint density at radius 3 is 1.00 bits per heavy atom. The van der Waals surface area contributed by atoms with Crippen LogP contribution in [0.3, 0.4) is 0 Å². The minimum atomic E-state index is -0.217. The van der Waals surface area contributed by atoms with Gasteiger partial charge in [0.25, 0.3) is 20.1 Å². The van der Waals surface area contributed by atoms with Crippen molar-refractivity contribution >= 4 is 218 Å². The molecule has 93 heavy (non-hydrogen) atoms. The van der Waals surface area contributed by atoms with Crippen molar-refractivity contribution in [3.63, 3.8) is 0 Å². The molecule has 6 aliphatic rings. The number of aromatic nitrogens is 3. The predicted octanol–water partition coefficient (Wildman–Crippen LogP) is 13.2. The normalized spacial score (nSPS) is 14.7. The van der Waals surface area contributed by atoms with Crippen molar-refractivity contribution in [2.75, 3.05) is 35.8 Å². The smallest absolute Gasteiger partial charge is 0.260 e. The molecular formula is C81H45B3N6O3. The van der Waals surface area contributed by atoms with Crippen molar-refractivity contribution in [2.24, 2.45) is 0 Å². The van der Waals surface area contributed by atoms with Gasteiger partial charge in [0.2, 0.25) is 0 Å². The average Bonchev–Trinajstić information content (AvgIpc) is 1.60. The van der Waals surface area contributed by atoms with Gasteiger partial charge in [-0.25, -0.2) is 0 Å². The van der Waals surface area contributed by atoms with Gasteiger partial charge in [0.1, 0.15) is 34.5 Å². The molecule has 0 N–H and O–H groups in total. The lowest BCUT2D eigenvalue weighted by Gasteiger charge is -2.45. The third kappa shape index (κ3) is 5.04. The van der Waals surface area contributed by atoms with Gasteiger partial charge in [-0.2, -0.15) is 0 Å². The molecule has 12 heteroatoms. The third-order valence-electron chi connectivity index (χ3n) is 23.1. The van der Waals surface area contributed by atoms with E-state index in [-0.39, 0.29) is 20.1 Å². The first-order valence-electron chi connectivity index (χ1n) is 32.4. The van der Waals surface area contributed by atoms with E-state index in [9.17, 15) is 0 Å². The Kier molecular flexibility index (Phi) is 7.88. The fourth-order valence-electron chi connectivity index (χ4n) is 19.8. The summed E-state index contributed by atoms with van der Waals surface area (Å²) in [4.78, 5) is 7.63. The molecule has 0 saturated heterocycles. The third-order valence-corrected chi connectivity index (χ3v) is 23.1. The Morgan fingerprint density at radius 2 is 0.559 bits per heavy atom. The number of hydrogen-bond donors (Lipinski definition) is 0. The number of ether oxygens (including phenoxy) is 3. The van der Waals surface area contributed by atoms with Crippen LogP contribution in [0.15, 0.2) is 218 Å². The highest BCUT2D eigenvalue weighted by Gasteiger charge is 2.51. The molecule has 0 spiro atoms. The van der Waals surface area contributed by atoms with E-state index in [0.717, 1.165) is 83.9 Å². The van der Waals surface area contributed by atoms with Crippen LogP contribution < -0.4 is 78.1 Å². The SMILES string of the molecule is CN1c2cc3c(cc2B2c4ccccc4Oc4c2c1c1c2ccccc2n2c5ccccc5c4c12)B1c2cc4c(cc2N(C)c2c1c(c1c5ccccc5n5c6ccccc6c2c15)N3C)Oc1c2c(c3c5ccccc5n5c6ccccc6c1c35)Oc1ccccc1B42. The quantitative estimate of drug-likeness (QED) is 0.141. The van der Waals surface area contributed by atoms with Gasteiger partial charge < -0.3 is 42.1 Å². The fourth-order valence-corrected chi connectivity index (χ4v) is 19.8. The van der Waals surface area contributed by atoms with E-state index in [1.807, 2.05) is 0 Å². The molecule has 0 saturated carbocycles. The maximum atomic E-state index is 7.83. The maximum absolute atomic E-state index is 7.83. The van der Waals surface area contributed by atoms with E-state index in [1.54, 1.807) is 0 Å². The molecule has 0 amide bonds. The fraction of sp³-hybridized carbons (Fsp3) is 0.0370. The topological polar surface area (TPSA) is 50.6 Å². The second-order valence-corrected chi connectivity index (χ2v) is 27.0. The van der Waals surface area contributed by atoms with Crippen LogP contribution in [0, 0.1) is 0 Å². The second kappa shape index (κ2) is 15.5.